The molecule has 0 aliphatic carbocycles. The molecule has 1 aromatic heterocycles. The second-order valence-electron chi connectivity index (χ2n) is 7.42. The van der Waals surface area contributed by atoms with Crippen LogP contribution in [0.2, 0.25) is 0 Å². The van der Waals surface area contributed by atoms with Crippen LogP contribution in [0.15, 0.2) is 11.0 Å². The zero-order chi connectivity index (χ0) is 17.4. The van der Waals surface area contributed by atoms with Gasteiger partial charge in [-0.15, -0.1) is 0 Å². The number of carbonyl (C=O) groups is 1. The number of aryl methyl sites for hydroxylation is 1. The van der Waals surface area contributed by atoms with Crippen LogP contribution in [0.3, 0.4) is 0 Å². The van der Waals surface area contributed by atoms with Crippen LogP contribution < -0.4 is 5.56 Å². The number of carbonyl (C=O) groups excluding carboxylic acids is 1. The van der Waals surface area contributed by atoms with Gasteiger partial charge in [-0.1, -0.05) is 13.8 Å². The Kier molecular flexibility index (Phi) is 4.87. The molecular weight excluding hydrogens is 292 g/mol. The summed E-state index contributed by atoms with van der Waals surface area (Å²) in [5, 5.41) is 0. The van der Waals surface area contributed by atoms with Crippen LogP contribution in [-0.2, 0) is 24.8 Å². The summed E-state index contributed by atoms with van der Waals surface area (Å²) in [5.41, 5.74) is 2.57. The zero-order valence-electron chi connectivity index (χ0n) is 15.1. The Morgan fingerprint density at radius 1 is 1.35 bits per heavy atom. The van der Waals surface area contributed by atoms with E-state index in [1.807, 2.05) is 27.0 Å². The van der Waals surface area contributed by atoms with Gasteiger partial charge in [-0.2, -0.15) is 0 Å². The van der Waals surface area contributed by atoms with Crippen molar-refractivity contribution in [3.8, 4) is 0 Å². The molecule has 5 heteroatoms. The Morgan fingerprint density at radius 2 is 2.00 bits per heavy atom. The van der Waals surface area contributed by atoms with E-state index in [0.29, 0.717) is 25.4 Å². The monoisotopic (exact) mass is 320 g/mol. The molecule has 1 aliphatic rings. The lowest BCUT2D eigenvalue weighted by Gasteiger charge is -2.33. The van der Waals surface area contributed by atoms with Gasteiger partial charge in [-0.05, 0) is 50.7 Å². The van der Waals surface area contributed by atoms with Crippen LogP contribution in [0.5, 0.6) is 0 Å². The first-order chi connectivity index (χ1) is 10.6. The van der Waals surface area contributed by atoms with Crippen LogP contribution >= 0.6 is 0 Å². The van der Waals surface area contributed by atoms with E-state index < -0.39 is 5.60 Å². The third-order valence-electron chi connectivity index (χ3n) is 4.40. The Balaban J connectivity index is 2.37. The summed E-state index contributed by atoms with van der Waals surface area (Å²) in [4.78, 5) is 26.5. The van der Waals surface area contributed by atoms with Gasteiger partial charge in [-0.25, -0.2) is 4.79 Å². The molecule has 23 heavy (non-hydrogen) atoms. The van der Waals surface area contributed by atoms with E-state index in [1.54, 1.807) is 16.5 Å². The van der Waals surface area contributed by atoms with Gasteiger partial charge in [0, 0.05) is 31.9 Å². The summed E-state index contributed by atoms with van der Waals surface area (Å²) in [6.07, 6.45) is 3.20. The molecule has 2 rings (SSSR count). The number of amides is 1. The van der Waals surface area contributed by atoms with Gasteiger partial charge in [0.05, 0.1) is 0 Å². The lowest BCUT2D eigenvalue weighted by Crippen LogP contribution is -2.42. The maximum atomic E-state index is 12.4. The molecular formula is C18H28N2O3. The Bertz CT molecular complexity index is 655. The Labute approximate surface area is 138 Å². The quantitative estimate of drug-likeness (QED) is 0.841. The molecule has 0 spiro atoms. The Morgan fingerprint density at radius 3 is 2.57 bits per heavy atom. The van der Waals surface area contributed by atoms with Gasteiger partial charge in [0.1, 0.15) is 5.60 Å². The number of nitrogens with zero attached hydrogens (tertiary/aromatic N) is 2. The molecule has 0 fully saturated rings. The van der Waals surface area contributed by atoms with Gasteiger partial charge in [0.15, 0.2) is 0 Å². The maximum Gasteiger partial charge on any atom is 0.410 e. The van der Waals surface area contributed by atoms with Crippen molar-refractivity contribution >= 4 is 6.09 Å². The predicted octanol–water partition coefficient (Wildman–Crippen LogP) is 3.19. The SMILES string of the molecule is CCC(C)c1cn(C)c(=O)c2c1CN(C(=O)OC(C)(C)C)CC2. The molecule has 0 saturated carbocycles. The number of hydrogen-bond donors (Lipinski definition) is 0. The minimum atomic E-state index is -0.510. The third kappa shape index (κ3) is 3.77. The lowest BCUT2D eigenvalue weighted by molar-refractivity contribution is 0.0222. The van der Waals surface area contributed by atoms with E-state index in [4.69, 9.17) is 4.74 Å². The fraction of sp³-hybridized carbons (Fsp3) is 0.667. The summed E-state index contributed by atoms with van der Waals surface area (Å²) >= 11 is 0. The van der Waals surface area contributed by atoms with Crippen molar-refractivity contribution in [2.24, 2.45) is 7.05 Å². The summed E-state index contributed by atoms with van der Waals surface area (Å²) in [7, 11) is 1.80. The number of ether oxygens (including phenoxy) is 1. The molecule has 0 N–H and O–H groups in total. The average molecular weight is 320 g/mol. The number of pyridine rings is 1. The lowest BCUT2D eigenvalue weighted by atomic mass is 9.89. The molecule has 1 atom stereocenters. The molecule has 1 amide bonds. The third-order valence-corrected chi connectivity index (χ3v) is 4.40. The van der Waals surface area contributed by atoms with Crippen molar-refractivity contribution in [1.29, 1.82) is 0 Å². The van der Waals surface area contributed by atoms with Crippen LogP contribution in [-0.4, -0.2) is 27.7 Å². The zero-order valence-corrected chi connectivity index (χ0v) is 15.1. The van der Waals surface area contributed by atoms with E-state index in [0.717, 1.165) is 23.1 Å². The summed E-state index contributed by atoms with van der Waals surface area (Å²) in [6, 6.07) is 0. The molecule has 1 aliphatic heterocycles. The van der Waals surface area contributed by atoms with Gasteiger partial charge in [-0.3, -0.25) is 4.79 Å². The number of aromatic nitrogens is 1. The van der Waals surface area contributed by atoms with Crippen molar-refractivity contribution in [1.82, 2.24) is 9.47 Å². The molecule has 5 nitrogen and oxygen atoms in total. The van der Waals surface area contributed by atoms with Crippen LogP contribution in [0, 0.1) is 0 Å². The van der Waals surface area contributed by atoms with Gasteiger partial charge in [0.25, 0.3) is 5.56 Å². The van der Waals surface area contributed by atoms with Crippen molar-refractivity contribution in [2.45, 2.75) is 65.5 Å². The van der Waals surface area contributed by atoms with Crippen molar-refractivity contribution < 1.29 is 9.53 Å². The van der Waals surface area contributed by atoms with Crippen molar-refractivity contribution in [3.63, 3.8) is 0 Å². The summed E-state index contributed by atoms with van der Waals surface area (Å²) < 4.78 is 7.15. The standard InChI is InChI=1S/C18H28N2O3/c1-7-12(2)14-10-19(6)16(21)13-8-9-20(11-15(13)14)17(22)23-18(3,4)5/h10,12H,7-9,11H2,1-6H3. The fourth-order valence-electron chi connectivity index (χ4n) is 2.95. The normalized spacial score (nSPS) is 16.0. The smallest absolute Gasteiger partial charge is 0.410 e. The van der Waals surface area contributed by atoms with Gasteiger partial charge >= 0.3 is 6.09 Å². The first-order valence-corrected chi connectivity index (χ1v) is 8.33. The van der Waals surface area contributed by atoms with Crippen LogP contribution in [0.25, 0.3) is 0 Å². The van der Waals surface area contributed by atoms with Crippen molar-refractivity contribution in [3.05, 3.63) is 33.2 Å². The minimum Gasteiger partial charge on any atom is -0.444 e. The van der Waals surface area contributed by atoms with E-state index in [1.165, 1.54) is 0 Å². The van der Waals surface area contributed by atoms with E-state index in [-0.39, 0.29) is 11.7 Å². The molecule has 0 bridgehead atoms. The highest BCUT2D eigenvalue weighted by molar-refractivity contribution is 5.68. The topological polar surface area (TPSA) is 51.5 Å². The summed E-state index contributed by atoms with van der Waals surface area (Å²) in [6.45, 7) is 10.9. The highest BCUT2D eigenvalue weighted by Crippen LogP contribution is 2.28. The molecule has 2 heterocycles. The van der Waals surface area contributed by atoms with E-state index in [9.17, 15) is 9.59 Å². The van der Waals surface area contributed by atoms with Crippen LogP contribution in [0.1, 0.15) is 63.6 Å². The molecule has 0 aromatic carbocycles. The highest BCUT2D eigenvalue weighted by atomic mass is 16.6. The highest BCUT2D eigenvalue weighted by Gasteiger charge is 2.29. The van der Waals surface area contributed by atoms with Gasteiger partial charge in [0.2, 0.25) is 0 Å². The molecule has 128 valence electrons. The average Bonchev–Trinajstić information content (AvgIpc) is 2.47. The molecule has 1 unspecified atom stereocenters. The minimum absolute atomic E-state index is 0.0518. The first-order valence-electron chi connectivity index (χ1n) is 8.33. The fourth-order valence-corrected chi connectivity index (χ4v) is 2.95. The number of rotatable bonds is 2. The first kappa shape index (κ1) is 17.6. The Hall–Kier alpha value is -1.78. The molecule has 0 saturated heterocycles. The number of fused-ring (bicyclic) bond motifs is 1. The largest absolute Gasteiger partial charge is 0.444 e. The maximum absolute atomic E-state index is 12.4. The van der Waals surface area contributed by atoms with E-state index >= 15 is 0 Å². The second-order valence-corrected chi connectivity index (χ2v) is 7.42. The molecule has 1 aromatic rings. The molecule has 0 radical (unpaired) electrons. The predicted molar refractivity (Wildman–Crippen MR) is 90.7 cm³/mol. The van der Waals surface area contributed by atoms with Gasteiger partial charge < -0.3 is 14.2 Å². The van der Waals surface area contributed by atoms with Crippen molar-refractivity contribution in [2.75, 3.05) is 6.54 Å². The summed E-state index contributed by atoms with van der Waals surface area (Å²) in [5.74, 6) is 0.356. The number of hydrogen-bond acceptors (Lipinski definition) is 3. The van der Waals surface area contributed by atoms with Crippen LogP contribution in [0.4, 0.5) is 4.79 Å². The second kappa shape index (κ2) is 6.38. The van der Waals surface area contributed by atoms with E-state index in [2.05, 4.69) is 13.8 Å².